The van der Waals surface area contributed by atoms with Gasteiger partial charge in [0.25, 0.3) is 0 Å². The smallest absolute Gasteiger partial charge is 0.233 e. The van der Waals surface area contributed by atoms with Crippen LogP contribution in [0.3, 0.4) is 0 Å². The molecule has 1 fully saturated rings. The highest BCUT2D eigenvalue weighted by molar-refractivity contribution is 7.99. The zero-order chi connectivity index (χ0) is 11.4. The zero-order valence-electron chi connectivity index (χ0n) is 9.26. The van der Waals surface area contributed by atoms with E-state index >= 15 is 0 Å². The second kappa shape index (κ2) is 5.65. The van der Waals surface area contributed by atoms with Crippen LogP contribution in [0.1, 0.15) is 31.0 Å². The van der Waals surface area contributed by atoms with Gasteiger partial charge in [-0.1, -0.05) is 12.1 Å². The predicted octanol–water partition coefficient (Wildman–Crippen LogP) is 1.19. The zero-order valence-corrected chi connectivity index (χ0v) is 10.1. The maximum absolute atomic E-state index is 9.69. The first-order chi connectivity index (χ1) is 7.81. The third-order valence-corrected chi connectivity index (χ3v) is 3.60. The van der Waals surface area contributed by atoms with E-state index in [4.69, 9.17) is 9.26 Å². The summed E-state index contributed by atoms with van der Waals surface area (Å²) < 4.78 is 10.5. The summed E-state index contributed by atoms with van der Waals surface area (Å²) in [7, 11) is 0. The maximum atomic E-state index is 9.69. The van der Waals surface area contributed by atoms with Crippen molar-refractivity contribution in [3.05, 3.63) is 11.7 Å². The SMILES string of the molecule is CCCOCc1noc(C2CSCC2O)n1. The monoisotopic (exact) mass is 244 g/mol. The Morgan fingerprint density at radius 2 is 2.44 bits per heavy atom. The number of ether oxygens (including phenoxy) is 1. The molecule has 0 radical (unpaired) electrons. The highest BCUT2D eigenvalue weighted by atomic mass is 32.2. The third-order valence-electron chi connectivity index (χ3n) is 2.43. The first-order valence-corrected chi connectivity index (χ1v) is 6.62. The highest BCUT2D eigenvalue weighted by Gasteiger charge is 2.31. The van der Waals surface area contributed by atoms with Gasteiger partial charge in [0.1, 0.15) is 6.61 Å². The van der Waals surface area contributed by atoms with Crippen molar-refractivity contribution < 1.29 is 14.4 Å². The van der Waals surface area contributed by atoms with Crippen LogP contribution in [-0.4, -0.2) is 39.5 Å². The largest absolute Gasteiger partial charge is 0.391 e. The van der Waals surface area contributed by atoms with Gasteiger partial charge in [-0.25, -0.2) is 0 Å². The molecule has 0 bridgehead atoms. The van der Waals surface area contributed by atoms with Gasteiger partial charge in [0.05, 0.1) is 12.0 Å². The van der Waals surface area contributed by atoms with Gasteiger partial charge in [-0.3, -0.25) is 0 Å². The van der Waals surface area contributed by atoms with Crippen molar-refractivity contribution in [1.82, 2.24) is 10.1 Å². The van der Waals surface area contributed by atoms with Gasteiger partial charge < -0.3 is 14.4 Å². The summed E-state index contributed by atoms with van der Waals surface area (Å²) in [5.74, 6) is 2.67. The van der Waals surface area contributed by atoms with Crippen LogP contribution in [0.4, 0.5) is 0 Å². The van der Waals surface area contributed by atoms with Crippen LogP contribution in [0.25, 0.3) is 0 Å². The summed E-state index contributed by atoms with van der Waals surface area (Å²) in [6.45, 7) is 3.13. The Kier molecular flexibility index (Phi) is 4.20. The van der Waals surface area contributed by atoms with E-state index in [1.807, 2.05) is 6.92 Å². The molecular formula is C10H16N2O3S. The fourth-order valence-electron chi connectivity index (χ4n) is 1.56. The fraction of sp³-hybridized carbons (Fsp3) is 0.800. The summed E-state index contributed by atoms with van der Waals surface area (Å²) in [4.78, 5) is 4.24. The lowest BCUT2D eigenvalue weighted by molar-refractivity contribution is 0.114. The van der Waals surface area contributed by atoms with Crippen molar-refractivity contribution in [2.75, 3.05) is 18.1 Å². The molecule has 0 saturated carbocycles. The van der Waals surface area contributed by atoms with E-state index in [9.17, 15) is 5.11 Å². The molecule has 2 heterocycles. The van der Waals surface area contributed by atoms with Gasteiger partial charge in [-0.2, -0.15) is 16.7 Å². The molecule has 1 saturated heterocycles. The van der Waals surface area contributed by atoms with E-state index in [-0.39, 0.29) is 12.0 Å². The van der Waals surface area contributed by atoms with Crippen LogP contribution in [-0.2, 0) is 11.3 Å². The fourth-order valence-corrected chi connectivity index (χ4v) is 2.79. The van der Waals surface area contributed by atoms with Crippen LogP contribution in [0.2, 0.25) is 0 Å². The Morgan fingerprint density at radius 1 is 1.56 bits per heavy atom. The Bertz CT molecular complexity index is 332. The number of nitrogens with zero attached hydrogens (tertiary/aromatic N) is 2. The van der Waals surface area contributed by atoms with Crippen molar-refractivity contribution >= 4 is 11.8 Å². The highest BCUT2D eigenvalue weighted by Crippen LogP contribution is 2.31. The van der Waals surface area contributed by atoms with Gasteiger partial charge in [0.15, 0.2) is 5.82 Å². The van der Waals surface area contributed by atoms with Gasteiger partial charge >= 0.3 is 0 Å². The number of hydrogen-bond acceptors (Lipinski definition) is 6. The molecule has 2 unspecified atom stereocenters. The minimum absolute atomic E-state index is 0.0163. The third kappa shape index (κ3) is 2.75. The molecule has 1 aliphatic heterocycles. The summed E-state index contributed by atoms with van der Waals surface area (Å²) in [6.07, 6.45) is 0.609. The number of rotatable bonds is 5. The number of aromatic nitrogens is 2. The molecule has 1 aliphatic rings. The minimum atomic E-state index is -0.366. The molecule has 0 aliphatic carbocycles. The molecule has 1 aromatic rings. The van der Waals surface area contributed by atoms with Crippen molar-refractivity contribution in [2.24, 2.45) is 0 Å². The van der Waals surface area contributed by atoms with Crippen LogP contribution in [0.15, 0.2) is 4.52 Å². The van der Waals surface area contributed by atoms with E-state index in [1.54, 1.807) is 11.8 Å². The number of hydrogen-bond donors (Lipinski definition) is 1. The molecule has 2 rings (SSSR count). The van der Waals surface area contributed by atoms with Crippen LogP contribution < -0.4 is 0 Å². The molecule has 16 heavy (non-hydrogen) atoms. The summed E-state index contributed by atoms with van der Waals surface area (Å²) in [5, 5.41) is 13.5. The lowest BCUT2D eigenvalue weighted by Crippen LogP contribution is -2.16. The number of aliphatic hydroxyl groups is 1. The Balaban J connectivity index is 1.91. The molecule has 0 spiro atoms. The molecule has 2 atom stereocenters. The lowest BCUT2D eigenvalue weighted by atomic mass is 10.1. The van der Waals surface area contributed by atoms with Crippen LogP contribution in [0, 0.1) is 0 Å². The Morgan fingerprint density at radius 3 is 3.12 bits per heavy atom. The number of aliphatic hydroxyl groups excluding tert-OH is 1. The van der Waals surface area contributed by atoms with E-state index < -0.39 is 0 Å². The molecular weight excluding hydrogens is 228 g/mol. The van der Waals surface area contributed by atoms with Gasteiger partial charge in [-0.15, -0.1) is 0 Å². The van der Waals surface area contributed by atoms with E-state index in [0.717, 1.165) is 17.9 Å². The van der Waals surface area contributed by atoms with Crippen LogP contribution >= 0.6 is 11.8 Å². The summed E-state index contributed by atoms with van der Waals surface area (Å²) in [6, 6.07) is 0. The van der Waals surface area contributed by atoms with E-state index in [0.29, 0.717) is 24.9 Å². The average molecular weight is 244 g/mol. The standard InChI is InChI=1S/C10H16N2O3S/c1-2-3-14-4-9-11-10(15-12-9)7-5-16-6-8(7)13/h7-8,13H,2-6H2,1H3. The van der Waals surface area contributed by atoms with Crippen molar-refractivity contribution in [3.63, 3.8) is 0 Å². The minimum Gasteiger partial charge on any atom is -0.391 e. The number of thioether (sulfide) groups is 1. The predicted molar refractivity (Wildman–Crippen MR) is 60.3 cm³/mol. The van der Waals surface area contributed by atoms with Crippen molar-refractivity contribution in [1.29, 1.82) is 0 Å². The second-order valence-corrected chi connectivity index (χ2v) is 4.89. The van der Waals surface area contributed by atoms with E-state index in [1.165, 1.54) is 0 Å². The quantitative estimate of drug-likeness (QED) is 0.785. The first-order valence-electron chi connectivity index (χ1n) is 5.47. The lowest BCUT2D eigenvalue weighted by Gasteiger charge is -2.06. The van der Waals surface area contributed by atoms with E-state index in [2.05, 4.69) is 10.1 Å². The average Bonchev–Trinajstić information content (AvgIpc) is 2.87. The maximum Gasteiger partial charge on any atom is 0.233 e. The van der Waals surface area contributed by atoms with Crippen molar-refractivity contribution in [3.8, 4) is 0 Å². The molecule has 6 heteroatoms. The molecule has 1 N–H and O–H groups in total. The molecule has 0 amide bonds. The first kappa shape index (κ1) is 11.9. The topological polar surface area (TPSA) is 68.4 Å². The van der Waals surface area contributed by atoms with Crippen molar-refractivity contribution in [2.45, 2.75) is 32.0 Å². The normalized spacial score (nSPS) is 25.1. The summed E-state index contributed by atoms with van der Waals surface area (Å²) in [5.41, 5.74) is 0. The molecule has 1 aromatic heterocycles. The Hall–Kier alpha value is -0.590. The van der Waals surface area contributed by atoms with Gasteiger partial charge in [0.2, 0.25) is 5.89 Å². The van der Waals surface area contributed by atoms with Crippen LogP contribution in [0.5, 0.6) is 0 Å². The molecule has 0 aromatic carbocycles. The molecule has 90 valence electrons. The van der Waals surface area contributed by atoms with Gasteiger partial charge in [-0.05, 0) is 6.42 Å². The second-order valence-electron chi connectivity index (χ2n) is 3.81. The van der Waals surface area contributed by atoms with Gasteiger partial charge in [0, 0.05) is 18.1 Å². The summed E-state index contributed by atoms with van der Waals surface area (Å²) >= 11 is 1.71. The Labute approximate surface area is 98.6 Å². The molecule has 5 nitrogen and oxygen atoms in total.